The molecule has 2 N–H and O–H groups in total. The van der Waals surface area contributed by atoms with Crippen molar-refractivity contribution < 1.29 is 4.79 Å². The van der Waals surface area contributed by atoms with E-state index in [0.717, 1.165) is 17.5 Å². The molecule has 2 fully saturated rings. The number of halogens is 2. The van der Waals surface area contributed by atoms with E-state index in [1.54, 1.807) is 11.3 Å². The Hall–Kier alpha value is -0.360. The monoisotopic (exact) mass is 337 g/mol. The molecule has 4 nitrogen and oxygen atoms in total. The van der Waals surface area contributed by atoms with E-state index < -0.39 is 0 Å². The number of nitrogens with zero attached hydrogens (tertiary/aromatic N) is 1. The summed E-state index contributed by atoms with van der Waals surface area (Å²) in [4.78, 5) is 16.1. The van der Waals surface area contributed by atoms with Crippen LogP contribution < -0.4 is 10.6 Å². The Morgan fingerprint density at radius 1 is 1.30 bits per heavy atom. The fraction of sp³-hybridized carbons (Fsp3) is 0.692. The Bertz CT molecular complexity index is 433. The summed E-state index contributed by atoms with van der Waals surface area (Å²) >= 11 is 1.65. The summed E-state index contributed by atoms with van der Waals surface area (Å²) in [6.07, 6.45) is 5.19. The lowest BCUT2D eigenvalue weighted by atomic mass is 10.3. The van der Waals surface area contributed by atoms with Gasteiger partial charge in [0, 0.05) is 11.3 Å². The van der Waals surface area contributed by atoms with Gasteiger partial charge in [-0.3, -0.25) is 4.79 Å². The highest BCUT2D eigenvalue weighted by molar-refractivity contribution is 7.09. The molecule has 1 amide bonds. The number of carbonyl (C=O) groups excluding carboxylic acids is 1. The van der Waals surface area contributed by atoms with Gasteiger partial charge >= 0.3 is 0 Å². The van der Waals surface area contributed by atoms with Gasteiger partial charge in [-0.25, -0.2) is 4.98 Å². The van der Waals surface area contributed by atoms with Crippen molar-refractivity contribution in [2.75, 3.05) is 13.1 Å². The first kappa shape index (κ1) is 17.7. The number of hydrogen-bond donors (Lipinski definition) is 2. The molecule has 1 aromatic heterocycles. The lowest BCUT2D eigenvalue weighted by Crippen LogP contribution is -2.34. The maximum atomic E-state index is 11.6. The van der Waals surface area contributed by atoms with E-state index in [1.807, 2.05) is 0 Å². The van der Waals surface area contributed by atoms with Crippen LogP contribution in [-0.4, -0.2) is 24.0 Å². The molecule has 1 heterocycles. The number of hydrogen-bond acceptors (Lipinski definition) is 4. The third kappa shape index (κ3) is 5.56. The molecule has 2 aliphatic rings. The van der Waals surface area contributed by atoms with Crippen molar-refractivity contribution in [3.8, 4) is 0 Å². The second kappa shape index (κ2) is 8.17. The number of nitrogens with one attached hydrogen (secondary N) is 2. The van der Waals surface area contributed by atoms with Gasteiger partial charge in [0.1, 0.15) is 5.01 Å². The summed E-state index contributed by atoms with van der Waals surface area (Å²) < 4.78 is 0. The Balaban J connectivity index is 0.000001000. The van der Waals surface area contributed by atoms with Gasteiger partial charge in [-0.2, -0.15) is 0 Å². The van der Waals surface area contributed by atoms with Crippen LogP contribution in [0.15, 0.2) is 5.38 Å². The lowest BCUT2D eigenvalue weighted by molar-refractivity contribution is -0.120. The van der Waals surface area contributed by atoms with E-state index in [4.69, 9.17) is 0 Å². The van der Waals surface area contributed by atoms with E-state index in [9.17, 15) is 4.79 Å². The number of amides is 1. The van der Waals surface area contributed by atoms with E-state index in [2.05, 4.69) is 21.0 Å². The van der Waals surface area contributed by atoms with E-state index >= 15 is 0 Å². The van der Waals surface area contributed by atoms with Crippen molar-refractivity contribution >= 4 is 42.1 Å². The Morgan fingerprint density at radius 3 is 2.70 bits per heavy atom. The summed E-state index contributed by atoms with van der Waals surface area (Å²) in [5, 5.41) is 9.25. The smallest absolute Gasteiger partial charge is 0.234 e. The van der Waals surface area contributed by atoms with Crippen LogP contribution in [0.5, 0.6) is 0 Å². The maximum absolute atomic E-state index is 11.6. The normalized spacial score (nSPS) is 17.0. The SMILES string of the molecule is Cl.Cl.O=C(CNCC1CC1)NCc1nc(C2CC2)cs1. The van der Waals surface area contributed by atoms with Gasteiger partial charge in [0.05, 0.1) is 18.8 Å². The highest BCUT2D eigenvalue weighted by Gasteiger charge is 2.26. The Kier molecular flexibility index (Phi) is 7.23. The van der Waals surface area contributed by atoms with Crippen molar-refractivity contribution in [2.45, 2.75) is 38.1 Å². The fourth-order valence-electron chi connectivity index (χ4n) is 1.92. The predicted octanol–water partition coefficient (Wildman–Crippen LogP) is 2.48. The molecule has 114 valence electrons. The minimum atomic E-state index is 0. The fourth-order valence-corrected chi connectivity index (χ4v) is 2.74. The van der Waals surface area contributed by atoms with Crippen LogP contribution in [0.4, 0.5) is 0 Å². The second-order valence-electron chi connectivity index (χ2n) is 5.29. The lowest BCUT2D eigenvalue weighted by Gasteiger charge is -2.04. The van der Waals surface area contributed by atoms with Crippen LogP contribution in [-0.2, 0) is 11.3 Å². The van der Waals surface area contributed by atoms with Gasteiger partial charge in [0.15, 0.2) is 0 Å². The van der Waals surface area contributed by atoms with Crippen molar-refractivity contribution in [3.63, 3.8) is 0 Å². The highest BCUT2D eigenvalue weighted by atomic mass is 35.5. The first-order chi connectivity index (χ1) is 8.81. The van der Waals surface area contributed by atoms with E-state index in [-0.39, 0.29) is 30.7 Å². The Morgan fingerprint density at radius 2 is 2.05 bits per heavy atom. The zero-order valence-corrected chi connectivity index (χ0v) is 13.7. The predicted molar refractivity (Wildman–Crippen MR) is 86.0 cm³/mol. The van der Waals surface area contributed by atoms with Crippen molar-refractivity contribution in [3.05, 3.63) is 16.1 Å². The van der Waals surface area contributed by atoms with Gasteiger partial charge in [0.25, 0.3) is 0 Å². The number of aromatic nitrogens is 1. The van der Waals surface area contributed by atoms with Gasteiger partial charge < -0.3 is 10.6 Å². The third-order valence-corrected chi connectivity index (χ3v) is 4.28. The van der Waals surface area contributed by atoms with Gasteiger partial charge in [-0.1, -0.05) is 0 Å². The van der Waals surface area contributed by atoms with Crippen LogP contribution >= 0.6 is 36.2 Å². The van der Waals surface area contributed by atoms with Crippen molar-refractivity contribution in [1.82, 2.24) is 15.6 Å². The summed E-state index contributed by atoms with van der Waals surface area (Å²) in [6.45, 7) is 1.98. The molecule has 0 unspecified atom stereocenters. The molecule has 2 saturated carbocycles. The van der Waals surface area contributed by atoms with Crippen molar-refractivity contribution in [1.29, 1.82) is 0 Å². The summed E-state index contributed by atoms with van der Waals surface area (Å²) in [5.41, 5.74) is 1.22. The number of rotatable bonds is 7. The van der Waals surface area contributed by atoms with E-state index in [0.29, 0.717) is 19.0 Å². The minimum Gasteiger partial charge on any atom is -0.348 e. The molecule has 0 saturated heterocycles. The quantitative estimate of drug-likeness (QED) is 0.803. The summed E-state index contributed by atoms with van der Waals surface area (Å²) in [5.74, 6) is 1.59. The van der Waals surface area contributed by atoms with Crippen molar-refractivity contribution in [2.24, 2.45) is 5.92 Å². The molecule has 20 heavy (non-hydrogen) atoms. The molecule has 0 bridgehead atoms. The minimum absolute atomic E-state index is 0. The standard InChI is InChI=1S/C13H19N3OS.2ClH/c17-12(6-14-5-9-1-2-9)15-7-13-16-11(8-18-13)10-3-4-10;;/h8-10,14H,1-7H2,(H,15,17);2*1H. The molecule has 0 atom stereocenters. The molecule has 0 aromatic carbocycles. The zero-order valence-electron chi connectivity index (χ0n) is 11.3. The zero-order chi connectivity index (χ0) is 12.4. The average Bonchev–Trinajstić information content (AvgIpc) is 3.28. The highest BCUT2D eigenvalue weighted by Crippen LogP contribution is 2.40. The molecule has 2 aliphatic carbocycles. The number of carbonyl (C=O) groups is 1. The van der Waals surface area contributed by atoms with Crippen LogP contribution in [0.2, 0.25) is 0 Å². The maximum Gasteiger partial charge on any atom is 0.234 e. The van der Waals surface area contributed by atoms with Crippen LogP contribution in [0, 0.1) is 5.92 Å². The molecular formula is C13H21Cl2N3OS. The first-order valence-corrected chi connectivity index (χ1v) is 7.61. The second-order valence-corrected chi connectivity index (χ2v) is 6.23. The molecule has 0 radical (unpaired) electrons. The molecule has 1 aromatic rings. The molecule has 3 rings (SSSR count). The average molecular weight is 338 g/mol. The molecule has 7 heteroatoms. The number of thiazole rings is 1. The molecule has 0 aliphatic heterocycles. The van der Waals surface area contributed by atoms with Crippen LogP contribution in [0.3, 0.4) is 0 Å². The van der Waals surface area contributed by atoms with Gasteiger partial charge in [-0.15, -0.1) is 36.2 Å². The Labute approximate surface area is 135 Å². The topological polar surface area (TPSA) is 54.0 Å². The third-order valence-electron chi connectivity index (χ3n) is 3.42. The largest absolute Gasteiger partial charge is 0.348 e. The first-order valence-electron chi connectivity index (χ1n) is 6.73. The summed E-state index contributed by atoms with van der Waals surface area (Å²) in [6, 6.07) is 0. The van der Waals surface area contributed by atoms with E-state index in [1.165, 1.54) is 31.4 Å². The van der Waals surface area contributed by atoms with Crippen LogP contribution in [0.25, 0.3) is 0 Å². The molecule has 0 spiro atoms. The summed E-state index contributed by atoms with van der Waals surface area (Å²) in [7, 11) is 0. The van der Waals surface area contributed by atoms with Gasteiger partial charge in [0.2, 0.25) is 5.91 Å². The van der Waals surface area contributed by atoms with Crippen LogP contribution in [0.1, 0.15) is 42.3 Å². The molecular weight excluding hydrogens is 317 g/mol. The van der Waals surface area contributed by atoms with Gasteiger partial charge in [-0.05, 0) is 38.1 Å².